The van der Waals surface area contributed by atoms with Crippen molar-refractivity contribution in [1.29, 1.82) is 0 Å². The molecule has 10 nitrogen and oxygen atoms in total. The summed E-state index contributed by atoms with van der Waals surface area (Å²) in [6.45, 7) is 3.00. The standard InChI is InChI=1S/C34H41N7O3/c1-38-31-25(13-23(15-28(31)44-2)33(42)41-18-22-10-11-26(41)29(22)35)37-32(38)27-14-20-5-3-7-24(30(20)40(27)16-19-8-9-19)21-6-4-12-39(17-21)34(36)43/h3,5,7,13-15,19,21-22,26,29H,4,6,8-12,16-18,35H2,1-2H3,(H2,36,43)/t21?,22-,26-,29-/m1/s1. The molecule has 8 rings (SSSR count). The number of aromatic nitrogens is 3. The third kappa shape index (κ3) is 4.29. The number of aryl methyl sites for hydroxylation is 1. The second-order valence-corrected chi connectivity index (χ2v) is 13.5. The van der Waals surface area contributed by atoms with Crippen LogP contribution in [0, 0.1) is 11.8 Å². The van der Waals surface area contributed by atoms with Crippen LogP contribution < -0.4 is 16.2 Å². The van der Waals surface area contributed by atoms with Crippen molar-refractivity contribution in [2.24, 2.45) is 30.4 Å². The van der Waals surface area contributed by atoms with Gasteiger partial charge in [-0.15, -0.1) is 0 Å². The minimum atomic E-state index is -0.345. The maximum atomic E-state index is 13.8. The van der Waals surface area contributed by atoms with Crippen molar-refractivity contribution in [1.82, 2.24) is 23.9 Å². The smallest absolute Gasteiger partial charge is 0.314 e. The van der Waals surface area contributed by atoms with E-state index in [1.165, 1.54) is 29.3 Å². The van der Waals surface area contributed by atoms with Gasteiger partial charge in [-0.25, -0.2) is 9.78 Å². The highest BCUT2D eigenvalue weighted by Gasteiger charge is 2.47. The van der Waals surface area contributed by atoms with Gasteiger partial charge in [-0.05, 0) is 74.1 Å². The predicted molar refractivity (Wildman–Crippen MR) is 170 cm³/mol. The van der Waals surface area contributed by atoms with E-state index < -0.39 is 0 Å². The van der Waals surface area contributed by atoms with Gasteiger partial charge >= 0.3 is 6.03 Å². The topological polar surface area (TPSA) is 125 Å². The lowest BCUT2D eigenvalue weighted by Crippen LogP contribution is -2.42. The molecule has 2 aliphatic carbocycles. The zero-order valence-electron chi connectivity index (χ0n) is 25.5. The number of rotatable bonds is 6. The number of imidazole rings is 1. The molecule has 230 valence electrons. The molecule has 2 saturated carbocycles. The number of carbonyl (C=O) groups is 2. The number of urea groups is 1. The Labute approximate surface area is 256 Å². The minimum Gasteiger partial charge on any atom is -0.494 e. The molecule has 44 heavy (non-hydrogen) atoms. The number of methoxy groups -OCH3 is 1. The molecule has 0 radical (unpaired) electrons. The first-order chi connectivity index (χ1) is 21.3. The molecule has 4 atom stereocenters. The average Bonchev–Trinajstić information content (AvgIpc) is 3.42. The van der Waals surface area contributed by atoms with Crippen molar-refractivity contribution >= 4 is 33.9 Å². The highest BCUT2D eigenvalue weighted by atomic mass is 16.5. The number of para-hydroxylation sites is 1. The lowest BCUT2D eigenvalue weighted by Gasteiger charge is -2.32. The zero-order valence-corrected chi connectivity index (χ0v) is 25.5. The number of amides is 3. The number of primary amides is 1. The maximum absolute atomic E-state index is 13.8. The monoisotopic (exact) mass is 595 g/mol. The van der Waals surface area contributed by atoms with E-state index in [0.717, 1.165) is 61.3 Å². The Hall–Kier alpha value is -4.05. The fraction of sp³-hybridized carbons (Fsp3) is 0.500. The molecule has 2 aliphatic heterocycles. The van der Waals surface area contributed by atoms with Crippen LogP contribution in [0.15, 0.2) is 36.4 Å². The number of hydrogen-bond donors (Lipinski definition) is 2. The van der Waals surface area contributed by atoms with Gasteiger partial charge in [0.1, 0.15) is 11.3 Å². The molecule has 1 unspecified atom stereocenters. The number of nitrogens with two attached hydrogens (primary N) is 2. The van der Waals surface area contributed by atoms with Crippen LogP contribution >= 0.6 is 0 Å². The van der Waals surface area contributed by atoms with Gasteiger partial charge in [0.25, 0.3) is 5.91 Å². The van der Waals surface area contributed by atoms with E-state index >= 15 is 0 Å². The normalized spacial score (nSPS) is 25.0. The van der Waals surface area contributed by atoms with Gasteiger partial charge in [-0.2, -0.15) is 0 Å². The number of ether oxygens (including phenoxy) is 1. The molecule has 4 aromatic rings. The molecule has 4 heterocycles. The van der Waals surface area contributed by atoms with E-state index in [1.807, 2.05) is 24.1 Å². The molecule has 0 spiro atoms. The van der Waals surface area contributed by atoms with Crippen molar-refractivity contribution in [3.63, 3.8) is 0 Å². The van der Waals surface area contributed by atoms with Gasteiger partial charge < -0.3 is 35.1 Å². The molecule has 4 aliphatic rings. The molecule has 3 amide bonds. The van der Waals surface area contributed by atoms with Crippen molar-refractivity contribution < 1.29 is 14.3 Å². The number of carbonyl (C=O) groups excluding carboxylic acids is 2. The van der Waals surface area contributed by atoms with Gasteiger partial charge in [0.15, 0.2) is 5.82 Å². The summed E-state index contributed by atoms with van der Waals surface area (Å²) in [5.41, 5.74) is 17.9. The Balaban J connectivity index is 1.24. The Morgan fingerprint density at radius 3 is 2.59 bits per heavy atom. The fourth-order valence-electron chi connectivity index (χ4n) is 8.31. The van der Waals surface area contributed by atoms with E-state index in [0.29, 0.717) is 36.2 Å². The van der Waals surface area contributed by atoms with Crippen LogP contribution in [-0.4, -0.2) is 74.7 Å². The second kappa shape index (κ2) is 10.3. The van der Waals surface area contributed by atoms with Gasteiger partial charge in [0.2, 0.25) is 0 Å². The van der Waals surface area contributed by atoms with Crippen LogP contribution in [-0.2, 0) is 13.6 Å². The Kier molecular flexibility index (Phi) is 6.41. The number of nitrogens with zero attached hydrogens (tertiary/aromatic N) is 5. The average molecular weight is 596 g/mol. The third-order valence-electron chi connectivity index (χ3n) is 10.8. The van der Waals surface area contributed by atoms with Crippen LogP contribution in [0.4, 0.5) is 4.79 Å². The van der Waals surface area contributed by atoms with E-state index in [9.17, 15) is 9.59 Å². The minimum absolute atomic E-state index is 0.00466. The maximum Gasteiger partial charge on any atom is 0.314 e. The van der Waals surface area contributed by atoms with Gasteiger partial charge in [-0.1, -0.05) is 18.2 Å². The summed E-state index contributed by atoms with van der Waals surface area (Å²) in [4.78, 5) is 34.7. The van der Waals surface area contributed by atoms with E-state index in [4.69, 9.17) is 21.2 Å². The number of likely N-dealkylation sites (tertiary alicyclic amines) is 2. The van der Waals surface area contributed by atoms with Crippen LogP contribution in [0.25, 0.3) is 33.5 Å². The van der Waals surface area contributed by atoms with Crippen LogP contribution in [0.1, 0.15) is 60.4 Å². The third-order valence-corrected chi connectivity index (χ3v) is 10.8. The molecule has 10 heteroatoms. The summed E-state index contributed by atoms with van der Waals surface area (Å²) in [5.74, 6) is 2.74. The summed E-state index contributed by atoms with van der Waals surface area (Å²) in [5, 5.41) is 1.17. The molecule has 2 saturated heterocycles. The van der Waals surface area contributed by atoms with Crippen molar-refractivity contribution in [2.75, 3.05) is 26.7 Å². The number of fused-ring (bicyclic) bond motifs is 4. The molecule has 4 fully saturated rings. The van der Waals surface area contributed by atoms with Gasteiger partial charge in [0.05, 0.1) is 23.8 Å². The highest BCUT2D eigenvalue weighted by Crippen LogP contribution is 2.42. The SMILES string of the molecule is COc1cc(C(=O)N2C[C@H]3CC[C@@H]2[C@@H]3N)cc2nc(-c3cc4cccc(C5CCCN(C(N)=O)C5)c4n3CC3CC3)n(C)c12. The Bertz CT molecular complexity index is 1800. The Morgan fingerprint density at radius 2 is 1.89 bits per heavy atom. The first kappa shape index (κ1) is 27.5. The molecule has 2 aromatic carbocycles. The predicted octanol–water partition coefficient (Wildman–Crippen LogP) is 4.43. The van der Waals surface area contributed by atoms with Crippen molar-refractivity contribution in [3.05, 3.63) is 47.5 Å². The van der Waals surface area contributed by atoms with Crippen molar-refractivity contribution in [2.45, 2.75) is 63.1 Å². The first-order valence-electron chi connectivity index (χ1n) is 16.1. The van der Waals surface area contributed by atoms with Crippen molar-refractivity contribution in [3.8, 4) is 17.3 Å². The van der Waals surface area contributed by atoms with Crippen LogP contribution in [0.2, 0.25) is 0 Å². The quantitative estimate of drug-likeness (QED) is 0.341. The van der Waals surface area contributed by atoms with Crippen LogP contribution in [0.3, 0.4) is 0 Å². The fourth-order valence-corrected chi connectivity index (χ4v) is 8.31. The number of hydrogen-bond acceptors (Lipinski definition) is 5. The highest BCUT2D eigenvalue weighted by molar-refractivity contribution is 6.00. The summed E-state index contributed by atoms with van der Waals surface area (Å²) in [6, 6.07) is 12.4. The largest absolute Gasteiger partial charge is 0.494 e. The van der Waals surface area contributed by atoms with E-state index in [2.05, 4.69) is 33.4 Å². The number of benzene rings is 2. The molecular weight excluding hydrogens is 554 g/mol. The Morgan fingerprint density at radius 1 is 1.05 bits per heavy atom. The van der Waals surface area contributed by atoms with Gasteiger partial charge in [-0.3, -0.25) is 4.79 Å². The van der Waals surface area contributed by atoms with E-state index in [-0.39, 0.29) is 29.9 Å². The summed E-state index contributed by atoms with van der Waals surface area (Å²) < 4.78 is 10.4. The summed E-state index contributed by atoms with van der Waals surface area (Å²) in [6.07, 6.45) is 6.49. The lowest BCUT2D eigenvalue weighted by atomic mass is 9.89. The molecular formula is C34H41N7O3. The summed E-state index contributed by atoms with van der Waals surface area (Å²) in [7, 11) is 3.68. The molecule has 4 N–H and O–H groups in total. The first-order valence-corrected chi connectivity index (χ1v) is 16.1. The van der Waals surface area contributed by atoms with Gasteiger partial charge in [0, 0.05) is 62.2 Å². The van der Waals surface area contributed by atoms with E-state index in [1.54, 1.807) is 12.0 Å². The molecule has 2 bridgehead atoms. The number of piperidine rings is 2. The van der Waals surface area contributed by atoms with Crippen LogP contribution in [0.5, 0.6) is 5.75 Å². The zero-order chi connectivity index (χ0) is 30.3. The summed E-state index contributed by atoms with van der Waals surface area (Å²) >= 11 is 0. The second-order valence-electron chi connectivity index (χ2n) is 13.5. The molecule has 2 aromatic heterocycles. The lowest BCUT2D eigenvalue weighted by molar-refractivity contribution is 0.0700.